The van der Waals surface area contributed by atoms with Gasteiger partial charge in [0.15, 0.2) is 0 Å². The SMILES string of the molecule is Cc1ccc([C@@H](C)NC(C)c2cnc3ccsc3c2)cc1. The van der Waals surface area contributed by atoms with E-state index in [9.17, 15) is 0 Å². The van der Waals surface area contributed by atoms with E-state index in [0.29, 0.717) is 6.04 Å². The maximum absolute atomic E-state index is 4.52. The van der Waals surface area contributed by atoms with Crippen LogP contribution in [0.25, 0.3) is 10.2 Å². The van der Waals surface area contributed by atoms with Gasteiger partial charge in [-0.1, -0.05) is 29.8 Å². The predicted octanol–water partition coefficient (Wildman–Crippen LogP) is 5.02. The van der Waals surface area contributed by atoms with Crippen molar-refractivity contribution >= 4 is 21.6 Å². The quantitative estimate of drug-likeness (QED) is 0.731. The van der Waals surface area contributed by atoms with E-state index in [1.54, 1.807) is 11.3 Å². The van der Waals surface area contributed by atoms with E-state index in [4.69, 9.17) is 0 Å². The summed E-state index contributed by atoms with van der Waals surface area (Å²) in [5, 5.41) is 5.75. The molecule has 0 amide bonds. The van der Waals surface area contributed by atoms with Crippen molar-refractivity contribution in [3.63, 3.8) is 0 Å². The van der Waals surface area contributed by atoms with Gasteiger partial charge in [0.1, 0.15) is 0 Å². The van der Waals surface area contributed by atoms with Crippen molar-refractivity contribution in [2.75, 3.05) is 0 Å². The highest BCUT2D eigenvalue weighted by atomic mass is 32.1. The number of aryl methyl sites for hydroxylation is 1. The number of hydrogen-bond donors (Lipinski definition) is 1. The Kier molecular flexibility index (Phi) is 4.04. The highest BCUT2D eigenvalue weighted by Crippen LogP contribution is 2.24. The summed E-state index contributed by atoms with van der Waals surface area (Å²) in [7, 11) is 0. The maximum Gasteiger partial charge on any atom is 0.0809 e. The lowest BCUT2D eigenvalue weighted by Crippen LogP contribution is -2.22. The smallest absolute Gasteiger partial charge is 0.0809 e. The number of thiophene rings is 1. The molecule has 2 atom stereocenters. The topological polar surface area (TPSA) is 24.9 Å². The molecule has 108 valence electrons. The minimum absolute atomic E-state index is 0.278. The summed E-state index contributed by atoms with van der Waals surface area (Å²) < 4.78 is 1.25. The molecule has 0 saturated heterocycles. The molecule has 0 radical (unpaired) electrons. The van der Waals surface area contributed by atoms with Gasteiger partial charge < -0.3 is 5.32 Å². The zero-order valence-electron chi connectivity index (χ0n) is 12.6. The third kappa shape index (κ3) is 3.14. The van der Waals surface area contributed by atoms with E-state index in [0.717, 1.165) is 5.52 Å². The van der Waals surface area contributed by atoms with Gasteiger partial charge in [0.2, 0.25) is 0 Å². The van der Waals surface area contributed by atoms with Gasteiger partial charge >= 0.3 is 0 Å². The van der Waals surface area contributed by atoms with Gasteiger partial charge in [-0.25, -0.2) is 0 Å². The fraction of sp³-hybridized carbons (Fsp3) is 0.278. The molecule has 1 aromatic carbocycles. The van der Waals surface area contributed by atoms with Crippen LogP contribution in [0.1, 0.15) is 42.6 Å². The summed E-state index contributed by atoms with van der Waals surface area (Å²) in [5.74, 6) is 0. The van der Waals surface area contributed by atoms with Crippen molar-refractivity contribution in [3.8, 4) is 0 Å². The highest BCUT2D eigenvalue weighted by Gasteiger charge is 2.12. The highest BCUT2D eigenvalue weighted by molar-refractivity contribution is 7.17. The molecule has 0 aliphatic rings. The number of aromatic nitrogens is 1. The molecule has 2 aromatic heterocycles. The molecule has 3 heteroatoms. The molecule has 3 rings (SSSR count). The van der Waals surface area contributed by atoms with Crippen LogP contribution in [0.2, 0.25) is 0 Å². The van der Waals surface area contributed by atoms with Crippen LogP contribution < -0.4 is 5.32 Å². The standard InChI is InChI=1S/C18H20N2S/c1-12-4-6-15(7-5-12)13(2)20-14(3)16-10-18-17(19-11-16)8-9-21-18/h4-11,13-14,20H,1-3H3/t13-,14?/m1/s1. The van der Waals surface area contributed by atoms with Gasteiger partial charge in [0.05, 0.1) is 10.2 Å². The van der Waals surface area contributed by atoms with Crippen LogP contribution >= 0.6 is 11.3 Å². The van der Waals surface area contributed by atoms with Crippen LogP contribution in [0.3, 0.4) is 0 Å². The van der Waals surface area contributed by atoms with Crippen molar-refractivity contribution in [2.24, 2.45) is 0 Å². The van der Waals surface area contributed by atoms with E-state index in [-0.39, 0.29) is 6.04 Å². The first-order valence-corrected chi connectivity index (χ1v) is 8.17. The van der Waals surface area contributed by atoms with Gasteiger partial charge in [-0.15, -0.1) is 11.3 Å². The molecular weight excluding hydrogens is 276 g/mol. The molecule has 3 aromatic rings. The monoisotopic (exact) mass is 296 g/mol. The number of hydrogen-bond acceptors (Lipinski definition) is 3. The van der Waals surface area contributed by atoms with Crippen LogP contribution in [-0.2, 0) is 0 Å². The number of rotatable bonds is 4. The van der Waals surface area contributed by atoms with Crippen LogP contribution in [-0.4, -0.2) is 4.98 Å². The van der Waals surface area contributed by atoms with Gasteiger partial charge in [0, 0.05) is 18.3 Å². The second kappa shape index (κ2) is 5.96. The van der Waals surface area contributed by atoms with E-state index in [1.165, 1.54) is 21.4 Å². The molecule has 1 N–H and O–H groups in total. The van der Waals surface area contributed by atoms with Crippen molar-refractivity contribution in [1.29, 1.82) is 0 Å². The Bertz CT molecular complexity index is 730. The van der Waals surface area contributed by atoms with Crippen LogP contribution in [0, 0.1) is 6.92 Å². The van der Waals surface area contributed by atoms with E-state index in [1.807, 2.05) is 6.20 Å². The lowest BCUT2D eigenvalue weighted by molar-refractivity contribution is 0.494. The van der Waals surface area contributed by atoms with E-state index >= 15 is 0 Å². The first-order chi connectivity index (χ1) is 10.1. The maximum atomic E-state index is 4.52. The molecule has 0 fully saturated rings. The number of nitrogens with one attached hydrogen (secondary N) is 1. The van der Waals surface area contributed by atoms with Gasteiger partial charge in [-0.2, -0.15) is 0 Å². The van der Waals surface area contributed by atoms with Crippen LogP contribution in [0.15, 0.2) is 48.0 Å². The van der Waals surface area contributed by atoms with Crippen molar-refractivity contribution < 1.29 is 0 Å². The molecule has 2 nitrogen and oxygen atoms in total. The Morgan fingerprint density at radius 2 is 1.71 bits per heavy atom. The van der Waals surface area contributed by atoms with Gasteiger partial charge in [0.25, 0.3) is 0 Å². The fourth-order valence-corrected chi connectivity index (χ4v) is 3.31. The average molecular weight is 296 g/mol. The summed E-state index contributed by atoms with van der Waals surface area (Å²) in [6.07, 6.45) is 1.98. The lowest BCUT2D eigenvalue weighted by atomic mass is 10.0. The molecule has 0 bridgehead atoms. The van der Waals surface area contributed by atoms with Crippen molar-refractivity contribution in [2.45, 2.75) is 32.9 Å². The average Bonchev–Trinajstić information content (AvgIpc) is 2.95. The zero-order chi connectivity index (χ0) is 14.8. The summed E-state index contributed by atoms with van der Waals surface area (Å²) in [6.45, 7) is 6.52. The zero-order valence-corrected chi connectivity index (χ0v) is 13.4. The lowest BCUT2D eigenvalue weighted by Gasteiger charge is -2.20. The Hall–Kier alpha value is -1.71. The Morgan fingerprint density at radius 1 is 1.00 bits per heavy atom. The largest absolute Gasteiger partial charge is 0.304 e. The molecule has 1 unspecified atom stereocenters. The van der Waals surface area contributed by atoms with Crippen molar-refractivity contribution in [3.05, 3.63) is 64.7 Å². The van der Waals surface area contributed by atoms with E-state index < -0.39 is 0 Å². The number of nitrogens with zero attached hydrogens (tertiary/aromatic N) is 1. The van der Waals surface area contributed by atoms with Gasteiger partial charge in [-0.05, 0) is 49.4 Å². The summed E-state index contributed by atoms with van der Waals surface area (Å²) in [5.41, 5.74) is 4.94. The van der Waals surface area contributed by atoms with E-state index in [2.05, 4.69) is 72.9 Å². The minimum Gasteiger partial charge on any atom is -0.304 e. The molecule has 0 saturated carbocycles. The van der Waals surface area contributed by atoms with Crippen LogP contribution in [0.4, 0.5) is 0 Å². The molecule has 21 heavy (non-hydrogen) atoms. The third-order valence-electron chi connectivity index (χ3n) is 3.90. The number of fused-ring (bicyclic) bond motifs is 1. The normalized spacial score (nSPS) is 14.2. The molecule has 0 aliphatic heterocycles. The minimum atomic E-state index is 0.278. The Morgan fingerprint density at radius 3 is 2.48 bits per heavy atom. The molecule has 0 aliphatic carbocycles. The van der Waals surface area contributed by atoms with Crippen LogP contribution in [0.5, 0.6) is 0 Å². The summed E-state index contributed by atoms with van der Waals surface area (Å²) >= 11 is 1.75. The first kappa shape index (κ1) is 14.2. The Balaban J connectivity index is 1.75. The molecule has 0 spiro atoms. The second-order valence-corrected chi connectivity index (χ2v) is 6.54. The summed E-state index contributed by atoms with van der Waals surface area (Å²) in [6, 6.07) is 13.6. The first-order valence-electron chi connectivity index (χ1n) is 7.29. The molecule has 2 heterocycles. The predicted molar refractivity (Wildman–Crippen MR) is 90.8 cm³/mol. The third-order valence-corrected chi connectivity index (χ3v) is 4.75. The summed E-state index contributed by atoms with van der Waals surface area (Å²) in [4.78, 5) is 4.52. The molecular formula is C18H20N2S. The second-order valence-electron chi connectivity index (χ2n) is 5.59. The number of pyridine rings is 1. The van der Waals surface area contributed by atoms with Crippen molar-refractivity contribution in [1.82, 2.24) is 10.3 Å². The number of benzene rings is 1. The van der Waals surface area contributed by atoms with Gasteiger partial charge in [-0.3, -0.25) is 4.98 Å². The Labute approximate surface area is 129 Å². The fourth-order valence-electron chi connectivity index (χ4n) is 2.52.